The van der Waals surface area contributed by atoms with Crippen LogP contribution in [0.15, 0.2) is 29.2 Å². The maximum Gasteiger partial charge on any atom is 0.446 e. The number of hydrogen-bond donors (Lipinski definition) is 2. The lowest BCUT2D eigenvalue weighted by Gasteiger charge is -2.14. The summed E-state index contributed by atoms with van der Waals surface area (Å²) in [7, 11) is 0. The second-order valence-corrected chi connectivity index (χ2v) is 4.82. The fraction of sp³-hybridized carbons (Fsp3) is 0.364. The number of carboxylic acid groups (broad SMARTS) is 1. The van der Waals surface area contributed by atoms with Gasteiger partial charge in [-0.1, -0.05) is 18.2 Å². The first kappa shape index (κ1) is 14.8. The van der Waals surface area contributed by atoms with Crippen LogP contribution < -0.4 is 5.73 Å². The Kier molecular flexibility index (Phi) is 5.03. The van der Waals surface area contributed by atoms with E-state index in [0.717, 1.165) is 0 Å². The number of rotatable bonds is 5. The van der Waals surface area contributed by atoms with Gasteiger partial charge < -0.3 is 10.8 Å². The van der Waals surface area contributed by atoms with Crippen LogP contribution in [0, 0.1) is 0 Å². The van der Waals surface area contributed by atoms with Crippen molar-refractivity contribution in [3.8, 4) is 0 Å². The molecule has 0 aliphatic heterocycles. The zero-order chi connectivity index (χ0) is 13.8. The highest BCUT2D eigenvalue weighted by molar-refractivity contribution is 8.00. The minimum absolute atomic E-state index is 0.0610. The summed E-state index contributed by atoms with van der Waals surface area (Å²) in [6.45, 7) is 0. The molecule has 0 bridgehead atoms. The van der Waals surface area contributed by atoms with E-state index in [2.05, 4.69) is 0 Å². The molecule has 0 heterocycles. The summed E-state index contributed by atoms with van der Waals surface area (Å²) in [5, 5.41) is 8.55. The van der Waals surface area contributed by atoms with Crippen LogP contribution in [-0.2, 0) is 11.2 Å². The molecule has 0 aliphatic rings. The van der Waals surface area contributed by atoms with Crippen LogP contribution in [0.2, 0.25) is 0 Å². The van der Waals surface area contributed by atoms with E-state index in [1.807, 2.05) is 0 Å². The second kappa shape index (κ2) is 6.10. The lowest BCUT2D eigenvalue weighted by Crippen LogP contribution is -2.26. The van der Waals surface area contributed by atoms with E-state index in [1.54, 1.807) is 6.07 Å². The van der Waals surface area contributed by atoms with Gasteiger partial charge in [-0.3, -0.25) is 4.79 Å². The molecule has 3 N–H and O–H groups in total. The maximum atomic E-state index is 12.3. The fourth-order valence-corrected chi connectivity index (χ4v) is 2.15. The second-order valence-electron chi connectivity index (χ2n) is 3.72. The molecule has 0 saturated carbocycles. The smallest absolute Gasteiger partial charge is 0.446 e. The summed E-state index contributed by atoms with van der Waals surface area (Å²) in [5.74, 6) is -1.07. The lowest BCUT2D eigenvalue weighted by atomic mass is 10.0. The van der Waals surface area contributed by atoms with Crippen LogP contribution in [0.3, 0.4) is 0 Å². The molecule has 0 aliphatic carbocycles. The Morgan fingerprint density at radius 1 is 1.39 bits per heavy atom. The molecule has 1 unspecified atom stereocenters. The van der Waals surface area contributed by atoms with Gasteiger partial charge in [-0.05, 0) is 29.8 Å². The Morgan fingerprint density at radius 3 is 2.56 bits per heavy atom. The Labute approximate surface area is 106 Å². The van der Waals surface area contributed by atoms with Crippen LogP contribution in [0.4, 0.5) is 13.2 Å². The summed E-state index contributed by atoms with van der Waals surface area (Å²) in [6, 6.07) is 5.28. The molecule has 100 valence electrons. The number of thioether (sulfide) groups is 1. The molecule has 0 aromatic heterocycles. The van der Waals surface area contributed by atoms with Crippen molar-refractivity contribution in [1.82, 2.24) is 0 Å². The molecule has 1 aromatic carbocycles. The average Bonchev–Trinajstić information content (AvgIpc) is 2.17. The Hall–Kier alpha value is -1.21. The van der Waals surface area contributed by atoms with E-state index in [1.165, 1.54) is 18.2 Å². The van der Waals surface area contributed by atoms with Crippen LogP contribution in [0.5, 0.6) is 0 Å². The van der Waals surface area contributed by atoms with Crippen LogP contribution in [-0.4, -0.2) is 22.6 Å². The third-order valence-electron chi connectivity index (χ3n) is 2.12. The van der Waals surface area contributed by atoms with E-state index in [0.29, 0.717) is 5.56 Å². The minimum atomic E-state index is -4.37. The van der Waals surface area contributed by atoms with E-state index in [-0.39, 0.29) is 29.5 Å². The van der Waals surface area contributed by atoms with Crippen molar-refractivity contribution in [2.75, 3.05) is 0 Å². The SMILES string of the molecule is NC(CC(=O)O)Cc1ccccc1SC(F)(F)F. The first-order valence-corrected chi connectivity index (χ1v) is 5.90. The predicted octanol–water partition coefficient (Wildman–Crippen LogP) is 2.64. The minimum Gasteiger partial charge on any atom is -0.481 e. The molecule has 1 aromatic rings. The normalized spacial score (nSPS) is 13.3. The Balaban J connectivity index is 2.79. The van der Waals surface area contributed by atoms with Crippen molar-refractivity contribution in [1.29, 1.82) is 0 Å². The number of alkyl halides is 3. The van der Waals surface area contributed by atoms with Crippen molar-refractivity contribution in [3.63, 3.8) is 0 Å². The van der Waals surface area contributed by atoms with Gasteiger partial charge in [0.1, 0.15) is 0 Å². The molecule has 1 atom stereocenters. The van der Waals surface area contributed by atoms with E-state index in [9.17, 15) is 18.0 Å². The van der Waals surface area contributed by atoms with Crippen LogP contribution in [0.25, 0.3) is 0 Å². The average molecular weight is 279 g/mol. The summed E-state index contributed by atoms with van der Waals surface area (Å²) in [6.07, 6.45) is -0.170. The molecular formula is C11H12F3NO2S. The third kappa shape index (κ3) is 5.42. The van der Waals surface area contributed by atoms with Crippen molar-refractivity contribution >= 4 is 17.7 Å². The first-order valence-electron chi connectivity index (χ1n) is 5.09. The van der Waals surface area contributed by atoms with Gasteiger partial charge >= 0.3 is 11.5 Å². The number of benzene rings is 1. The van der Waals surface area contributed by atoms with Crippen LogP contribution in [0.1, 0.15) is 12.0 Å². The summed E-state index contributed by atoms with van der Waals surface area (Å²) < 4.78 is 36.9. The van der Waals surface area contributed by atoms with Gasteiger partial charge in [0.2, 0.25) is 0 Å². The summed E-state index contributed by atoms with van der Waals surface area (Å²) >= 11 is -0.215. The molecule has 1 rings (SSSR count). The molecule has 0 amide bonds. The summed E-state index contributed by atoms with van der Waals surface area (Å²) in [5.41, 5.74) is 1.61. The predicted molar refractivity (Wildman–Crippen MR) is 62.3 cm³/mol. The van der Waals surface area contributed by atoms with Crippen molar-refractivity contribution in [3.05, 3.63) is 29.8 Å². The van der Waals surface area contributed by atoms with Gasteiger partial charge in [0.15, 0.2) is 0 Å². The number of carbonyl (C=O) groups is 1. The van der Waals surface area contributed by atoms with Gasteiger partial charge in [-0.2, -0.15) is 13.2 Å². The van der Waals surface area contributed by atoms with Gasteiger partial charge in [0.25, 0.3) is 0 Å². The van der Waals surface area contributed by atoms with E-state index < -0.39 is 17.5 Å². The molecule has 18 heavy (non-hydrogen) atoms. The molecule has 0 fully saturated rings. The third-order valence-corrected chi connectivity index (χ3v) is 2.97. The van der Waals surface area contributed by atoms with Gasteiger partial charge in [-0.15, -0.1) is 0 Å². The van der Waals surface area contributed by atoms with E-state index >= 15 is 0 Å². The van der Waals surface area contributed by atoms with Crippen LogP contribution >= 0.6 is 11.8 Å². The molecule has 0 spiro atoms. The fourth-order valence-electron chi connectivity index (χ4n) is 1.48. The number of nitrogens with two attached hydrogens (primary N) is 1. The Bertz CT molecular complexity index is 423. The molecule has 7 heteroatoms. The zero-order valence-corrected chi connectivity index (χ0v) is 10.1. The highest BCUT2D eigenvalue weighted by atomic mass is 32.2. The number of aliphatic carboxylic acids is 1. The van der Waals surface area contributed by atoms with Crippen molar-refractivity contribution < 1.29 is 23.1 Å². The number of halogens is 3. The largest absolute Gasteiger partial charge is 0.481 e. The molecule has 0 radical (unpaired) electrons. The van der Waals surface area contributed by atoms with Crippen molar-refractivity contribution in [2.24, 2.45) is 5.73 Å². The highest BCUT2D eigenvalue weighted by Crippen LogP contribution is 2.38. The number of carboxylic acids is 1. The van der Waals surface area contributed by atoms with Crippen molar-refractivity contribution in [2.45, 2.75) is 29.3 Å². The Morgan fingerprint density at radius 2 is 2.00 bits per heavy atom. The van der Waals surface area contributed by atoms with Gasteiger partial charge in [0, 0.05) is 10.9 Å². The monoisotopic (exact) mass is 279 g/mol. The maximum absolute atomic E-state index is 12.3. The topological polar surface area (TPSA) is 63.3 Å². The van der Waals surface area contributed by atoms with E-state index in [4.69, 9.17) is 10.8 Å². The lowest BCUT2D eigenvalue weighted by molar-refractivity contribution is -0.137. The molecular weight excluding hydrogens is 267 g/mol. The standard InChI is InChI=1S/C11H12F3NO2S/c12-11(13,14)18-9-4-2-1-3-7(9)5-8(15)6-10(16)17/h1-4,8H,5-6,15H2,(H,16,17). The number of hydrogen-bond acceptors (Lipinski definition) is 3. The first-order chi connectivity index (χ1) is 8.28. The highest BCUT2D eigenvalue weighted by Gasteiger charge is 2.30. The quantitative estimate of drug-likeness (QED) is 0.813. The molecule has 3 nitrogen and oxygen atoms in total. The molecule has 0 saturated heterocycles. The zero-order valence-electron chi connectivity index (χ0n) is 9.28. The van der Waals surface area contributed by atoms with Gasteiger partial charge in [-0.25, -0.2) is 0 Å². The summed E-state index contributed by atoms with van der Waals surface area (Å²) in [4.78, 5) is 10.5. The van der Waals surface area contributed by atoms with Gasteiger partial charge in [0.05, 0.1) is 6.42 Å².